The third kappa shape index (κ3) is 3.71. The zero-order valence-corrected chi connectivity index (χ0v) is 11.7. The molecular formula is C15H23ClN2. The fourth-order valence-corrected chi connectivity index (χ4v) is 2.63. The molecule has 3 rings (SSSR count). The first-order valence-corrected chi connectivity index (χ1v) is 6.94. The van der Waals surface area contributed by atoms with E-state index in [0.29, 0.717) is 0 Å². The molecule has 0 bridgehead atoms. The zero-order valence-electron chi connectivity index (χ0n) is 10.9. The van der Waals surface area contributed by atoms with E-state index >= 15 is 0 Å². The minimum absolute atomic E-state index is 0. The maximum absolute atomic E-state index is 3.45. The van der Waals surface area contributed by atoms with E-state index in [1.807, 2.05) is 0 Å². The van der Waals surface area contributed by atoms with E-state index < -0.39 is 0 Å². The molecule has 1 heterocycles. The summed E-state index contributed by atoms with van der Waals surface area (Å²) in [4.78, 5) is 2.56. The van der Waals surface area contributed by atoms with Crippen LogP contribution in [0.1, 0.15) is 36.3 Å². The van der Waals surface area contributed by atoms with E-state index in [0.717, 1.165) is 19.0 Å². The first-order valence-electron chi connectivity index (χ1n) is 6.94. The molecule has 0 radical (unpaired) electrons. The Hall–Kier alpha value is -0.570. The summed E-state index contributed by atoms with van der Waals surface area (Å²) < 4.78 is 0. The molecule has 2 fully saturated rings. The second kappa shape index (κ2) is 6.55. The van der Waals surface area contributed by atoms with Crippen LogP contribution in [0.4, 0.5) is 0 Å². The quantitative estimate of drug-likeness (QED) is 0.905. The molecule has 0 aromatic heterocycles. The monoisotopic (exact) mass is 266 g/mol. The highest BCUT2D eigenvalue weighted by Crippen LogP contribution is 2.39. The molecule has 1 N–H and O–H groups in total. The second-order valence-corrected chi connectivity index (χ2v) is 5.40. The summed E-state index contributed by atoms with van der Waals surface area (Å²) in [7, 11) is 0. The van der Waals surface area contributed by atoms with Crippen molar-refractivity contribution in [3.05, 3.63) is 35.4 Å². The standard InChI is InChI=1S/C15H22N2.ClH/c1-8-16-9-11-17(10-1)12-13-2-4-14(5-3-13)15-6-7-15;/h2-5,15-16H,1,6-12H2;1H. The van der Waals surface area contributed by atoms with E-state index in [9.17, 15) is 0 Å². The number of benzene rings is 1. The van der Waals surface area contributed by atoms with Crippen LogP contribution < -0.4 is 5.32 Å². The first kappa shape index (κ1) is 13.9. The van der Waals surface area contributed by atoms with Crippen LogP contribution in [0.25, 0.3) is 0 Å². The Bertz CT molecular complexity index is 351. The molecule has 0 spiro atoms. The van der Waals surface area contributed by atoms with Crippen molar-refractivity contribution < 1.29 is 0 Å². The SMILES string of the molecule is Cl.c1cc(C2CC2)ccc1CN1CCCNCC1. The van der Waals surface area contributed by atoms with Crippen LogP contribution >= 0.6 is 12.4 Å². The molecule has 100 valence electrons. The number of halogens is 1. The normalized spacial score (nSPS) is 21.1. The third-order valence-corrected chi connectivity index (χ3v) is 3.87. The van der Waals surface area contributed by atoms with Crippen LogP contribution in [0.2, 0.25) is 0 Å². The summed E-state index contributed by atoms with van der Waals surface area (Å²) in [6.45, 7) is 5.85. The zero-order chi connectivity index (χ0) is 11.5. The highest BCUT2D eigenvalue weighted by Gasteiger charge is 2.22. The Kier molecular flexibility index (Phi) is 5.04. The fraction of sp³-hybridized carbons (Fsp3) is 0.600. The Morgan fingerprint density at radius 2 is 1.83 bits per heavy atom. The van der Waals surface area contributed by atoms with Gasteiger partial charge in [-0.2, -0.15) is 0 Å². The molecule has 1 aliphatic carbocycles. The molecule has 1 aromatic carbocycles. The van der Waals surface area contributed by atoms with E-state index in [2.05, 4.69) is 34.5 Å². The maximum atomic E-state index is 3.45. The number of hydrogen-bond acceptors (Lipinski definition) is 2. The van der Waals surface area contributed by atoms with Crippen LogP contribution in [0, 0.1) is 0 Å². The van der Waals surface area contributed by atoms with Gasteiger partial charge in [0.05, 0.1) is 0 Å². The number of hydrogen-bond donors (Lipinski definition) is 1. The van der Waals surface area contributed by atoms with Gasteiger partial charge in [-0.15, -0.1) is 12.4 Å². The Balaban J connectivity index is 0.00000120. The summed E-state index contributed by atoms with van der Waals surface area (Å²) in [5, 5.41) is 3.45. The first-order chi connectivity index (χ1) is 8.42. The van der Waals surface area contributed by atoms with Crippen molar-refractivity contribution in [2.45, 2.75) is 31.7 Å². The van der Waals surface area contributed by atoms with Gasteiger partial charge in [0.15, 0.2) is 0 Å². The summed E-state index contributed by atoms with van der Waals surface area (Å²) in [6.07, 6.45) is 4.08. The lowest BCUT2D eigenvalue weighted by molar-refractivity contribution is 0.284. The van der Waals surface area contributed by atoms with Crippen molar-refractivity contribution in [3.8, 4) is 0 Å². The van der Waals surface area contributed by atoms with E-state index in [-0.39, 0.29) is 12.4 Å². The largest absolute Gasteiger partial charge is 0.315 e. The average Bonchev–Trinajstić information content (AvgIpc) is 3.17. The molecule has 0 atom stereocenters. The van der Waals surface area contributed by atoms with Gasteiger partial charge in [-0.3, -0.25) is 4.90 Å². The van der Waals surface area contributed by atoms with Crippen LogP contribution in [-0.4, -0.2) is 31.1 Å². The van der Waals surface area contributed by atoms with Gasteiger partial charge in [-0.25, -0.2) is 0 Å². The van der Waals surface area contributed by atoms with Crippen LogP contribution in [0.15, 0.2) is 24.3 Å². The molecule has 0 amide bonds. The lowest BCUT2D eigenvalue weighted by atomic mass is 10.1. The summed E-state index contributed by atoms with van der Waals surface area (Å²) in [5.74, 6) is 0.881. The van der Waals surface area contributed by atoms with E-state index in [4.69, 9.17) is 0 Å². The third-order valence-electron chi connectivity index (χ3n) is 3.87. The van der Waals surface area contributed by atoms with E-state index in [1.165, 1.54) is 44.5 Å². The topological polar surface area (TPSA) is 15.3 Å². The predicted molar refractivity (Wildman–Crippen MR) is 78.4 cm³/mol. The smallest absolute Gasteiger partial charge is 0.0234 e. The number of rotatable bonds is 3. The van der Waals surface area contributed by atoms with Crippen LogP contribution in [0.5, 0.6) is 0 Å². The molecule has 0 unspecified atom stereocenters. The molecule has 1 aromatic rings. The fourth-order valence-electron chi connectivity index (χ4n) is 2.63. The molecule has 2 aliphatic rings. The lowest BCUT2D eigenvalue weighted by Gasteiger charge is -2.19. The molecule has 1 saturated heterocycles. The van der Waals surface area contributed by atoms with Gasteiger partial charge in [-0.05, 0) is 49.4 Å². The molecule has 18 heavy (non-hydrogen) atoms. The van der Waals surface area contributed by atoms with Gasteiger partial charge in [0.25, 0.3) is 0 Å². The minimum atomic E-state index is 0. The van der Waals surface area contributed by atoms with Crippen molar-refractivity contribution in [3.63, 3.8) is 0 Å². The van der Waals surface area contributed by atoms with Gasteiger partial charge >= 0.3 is 0 Å². The molecule has 1 saturated carbocycles. The van der Waals surface area contributed by atoms with Gasteiger partial charge in [-0.1, -0.05) is 24.3 Å². The van der Waals surface area contributed by atoms with Gasteiger partial charge in [0.1, 0.15) is 0 Å². The van der Waals surface area contributed by atoms with Crippen molar-refractivity contribution in [1.82, 2.24) is 10.2 Å². The highest BCUT2D eigenvalue weighted by molar-refractivity contribution is 5.85. The molecule has 1 aliphatic heterocycles. The summed E-state index contributed by atoms with van der Waals surface area (Å²) in [6, 6.07) is 9.32. The van der Waals surface area contributed by atoms with Crippen LogP contribution in [0.3, 0.4) is 0 Å². The van der Waals surface area contributed by atoms with E-state index in [1.54, 1.807) is 5.56 Å². The maximum Gasteiger partial charge on any atom is 0.0234 e. The van der Waals surface area contributed by atoms with Crippen molar-refractivity contribution in [2.75, 3.05) is 26.2 Å². The molecular weight excluding hydrogens is 244 g/mol. The van der Waals surface area contributed by atoms with Crippen molar-refractivity contribution >= 4 is 12.4 Å². The Morgan fingerprint density at radius 1 is 1.06 bits per heavy atom. The van der Waals surface area contributed by atoms with Gasteiger partial charge in [0, 0.05) is 19.6 Å². The molecule has 2 nitrogen and oxygen atoms in total. The Morgan fingerprint density at radius 3 is 2.56 bits per heavy atom. The van der Waals surface area contributed by atoms with Crippen molar-refractivity contribution in [1.29, 1.82) is 0 Å². The number of nitrogens with one attached hydrogen (secondary N) is 1. The van der Waals surface area contributed by atoms with Gasteiger partial charge in [0.2, 0.25) is 0 Å². The average molecular weight is 267 g/mol. The summed E-state index contributed by atoms with van der Waals surface area (Å²) >= 11 is 0. The minimum Gasteiger partial charge on any atom is -0.315 e. The Labute approximate surface area is 116 Å². The predicted octanol–water partition coefficient (Wildman–Crippen LogP) is 2.78. The van der Waals surface area contributed by atoms with Crippen molar-refractivity contribution in [2.24, 2.45) is 0 Å². The van der Waals surface area contributed by atoms with Crippen LogP contribution in [-0.2, 0) is 6.54 Å². The lowest BCUT2D eigenvalue weighted by Crippen LogP contribution is -2.27. The second-order valence-electron chi connectivity index (χ2n) is 5.40. The molecule has 3 heteroatoms. The number of nitrogens with zero attached hydrogens (tertiary/aromatic N) is 1. The highest BCUT2D eigenvalue weighted by atomic mass is 35.5. The summed E-state index contributed by atoms with van der Waals surface area (Å²) in [5.41, 5.74) is 3.02. The van der Waals surface area contributed by atoms with Gasteiger partial charge < -0.3 is 5.32 Å².